The zero-order valence-electron chi connectivity index (χ0n) is 27.1. The molecule has 6 aliphatic rings. The number of hydrogen-bond donors (Lipinski definition) is 4. The second-order valence-electron chi connectivity index (χ2n) is 14.9. The Bertz CT molecular complexity index is 1070. The zero-order chi connectivity index (χ0) is 31.3. The number of carbonyl (C=O) groups excluding carboxylic acids is 2. The molecule has 13 atom stereocenters. The molecule has 1 aliphatic carbocycles. The largest absolute Gasteiger partial charge is 0.334 e. The molecule has 0 spiro atoms. The number of piperazine rings is 1. The Hall–Kier alpha value is -1.46. The van der Waals surface area contributed by atoms with Gasteiger partial charge in [-0.15, -0.1) is 11.6 Å². The van der Waals surface area contributed by atoms with Gasteiger partial charge in [-0.05, 0) is 83.4 Å². The molecule has 0 aromatic heterocycles. The van der Waals surface area contributed by atoms with Crippen LogP contribution in [-0.2, 0) is 4.79 Å². The van der Waals surface area contributed by atoms with Crippen molar-refractivity contribution in [1.82, 2.24) is 36.0 Å². The van der Waals surface area contributed by atoms with Crippen LogP contribution in [0.25, 0.3) is 0 Å². The van der Waals surface area contributed by atoms with Crippen molar-refractivity contribution in [3.05, 3.63) is 12.7 Å². The van der Waals surface area contributed by atoms with Crippen molar-refractivity contribution in [2.45, 2.75) is 133 Å². The normalized spacial score (nSPS) is 45.3. The van der Waals surface area contributed by atoms with Gasteiger partial charge in [0.15, 0.2) is 0 Å². The maximum Gasteiger partial charge on any atom is 0.320 e. The minimum absolute atomic E-state index is 0.000589. The Labute approximate surface area is 268 Å². The first-order chi connectivity index (χ1) is 21.1. The van der Waals surface area contributed by atoms with Gasteiger partial charge < -0.3 is 25.8 Å². The molecular weight excluding hydrogens is 581 g/mol. The summed E-state index contributed by atoms with van der Waals surface area (Å²) in [7, 11) is 0. The van der Waals surface area contributed by atoms with Gasteiger partial charge in [0.2, 0.25) is 5.91 Å². The summed E-state index contributed by atoms with van der Waals surface area (Å²) >= 11 is 7.06. The Morgan fingerprint density at radius 1 is 1.05 bits per heavy atom. The van der Waals surface area contributed by atoms with E-state index in [2.05, 4.69) is 58.4 Å². The van der Waals surface area contributed by atoms with Crippen LogP contribution in [0.4, 0.5) is 9.18 Å². The van der Waals surface area contributed by atoms with Crippen molar-refractivity contribution >= 4 is 23.5 Å². The van der Waals surface area contributed by atoms with Gasteiger partial charge in [0.05, 0.1) is 18.4 Å². The average Bonchev–Trinajstić information content (AvgIpc) is 2.99. The lowest BCUT2D eigenvalue weighted by molar-refractivity contribution is -0.136. The average molecular weight is 636 g/mol. The van der Waals surface area contributed by atoms with E-state index in [0.29, 0.717) is 31.3 Å². The molecule has 0 aromatic carbocycles. The second kappa shape index (κ2) is 13.3. The molecule has 5 aliphatic heterocycles. The number of halogens is 2. The summed E-state index contributed by atoms with van der Waals surface area (Å²) in [6, 6.07) is -0.192. The standard InChI is InChI=1S/C33H55ClFN7O2/c1-6-26(43)40-16-20(5)41(17-19(40)4)31-22-15-24(35)29-27-23(34)10-7-11-25(27)36-13-8-9-21-12-14-37-28(18(2)3)30(21)42(32(22)38-29)33(44)39-31/h6,18-25,27-32,36-38H,1,7-17H2,2-5H3,(H,39,44)/t19-,20+,21?,22?,23?,24?,25?,27?,28?,29?,30?,31?,32?/m1/s1. The number of amides is 3. The Morgan fingerprint density at radius 2 is 1.84 bits per heavy atom. The number of carbonyl (C=O) groups is 2. The number of nitrogens with one attached hydrogen (secondary N) is 4. The van der Waals surface area contributed by atoms with Gasteiger partial charge in [-0.1, -0.05) is 26.8 Å². The zero-order valence-corrected chi connectivity index (χ0v) is 27.8. The highest BCUT2D eigenvalue weighted by molar-refractivity contribution is 6.21. The molecule has 4 N–H and O–H groups in total. The highest BCUT2D eigenvalue weighted by Crippen LogP contribution is 2.43. The summed E-state index contributed by atoms with van der Waals surface area (Å²) in [5, 5.41) is 14.8. The summed E-state index contributed by atoms with van der Waals surface area (Å²) in [4.78, 5) is 33.4. The Balaban J connectivity index is 1.38. The van der Waals surface area contributed by atoms with Crippen molar-refractivity contribution in [2.24, 2.45) is 23.7 Å². The molecule has 11 unspecified atom stereocenters. The fraction of sp³-hybridized carbons (Fsp3) is 0.879. The SMILES string of the molecule is C=CC(=O)N1C[C@H](C)N(C2NC(=O)N3C4NC(C(F)CC42)C2C(Cl)CCCC2NCCCC2CCNC(C(C)C)C23)C[C@H]1C. The number of hydrogen-bond acceptors (Lipinski definition) is 6. The van der Waals surface area contributed by atoms with Crippen LogP contribution in [0.2, 0.25) is 0 Å². The fourth-order valence-electron chi connectivity index (χ4n) is 9.85. The monoisotopic (exact) mass is 635 g/mol. The van der Waals surface area contributed by atoms with Crippen molar-refractivity contribution in [1.29, 1.82) is 0 Å². The summed E-state index contributed by atoms with van der Waals surface area (Å²) in [6.45, 7) is 15.3. The Kier molecular flexibility index (Phi) is 9.85. The highest BCUT2D eigenvalue weighted by atomic mass is 35.5. The van der Waals surface area contributed by atoms with Crippen LogP contribution in [0.5, 0.6) is 0 Å². The topological polar surface area (TPSA) is 92.0 Å². The second-order valence-corrected chi connectivity index (χ2v) is 15.5. The van der Waals surface area contributed by atoms with E-state index in [9.17, 15) is 9.59 Å². The quantitative estimate of drug-likeness (QED) is 0.281. The van der Waals surface area contributed by atoms with Crippen LogP contribution in [0.1, 0.15) is 72.6 Å². The lowest BCUT2D eigenvalue weighted by Crippen LogP contribution is -2.80. The highest BCUT2D eigenvalue weighted by Gasteiger charge is 2.57. The van der Waals surface area contributed by atoms with Crippen LogP contribution in [0.15, 0.2) is 12.7 Å². The van der Waals surface area contributed by atoms with E-state index in [0.717, 1.165) is 51.6 Å². The molecule has 9 nitrogen and oxygen atoms in total. The Morgan fingerprint density at radius 3 is 2.59 bits per heavy atom. The molecule has 3 amide bonds. The van der Waals surface area contributed by atoms with Crippen molar-refractivity contribution < 1.29 is 14.0 Å². The van der Waals surface area contributed by atoms with Crippen molar-refractivity contribution in [2.75, 3.05) is 26.2 Å². The van der Waals surface area contributed by atoms with Gasteiger partial charge in [-0.3, -0.25) is 15.0 Å². The van der Waals surface area contributed by atoms with Crippen LogP contribution >= 0.6 is 11.6 Å². The number of piperidine rings is 2. The first-order valence-corrected chi connectivity index (χ1v) is 17.8. The van der Waals surface area contributed by atoms with Gasteiger partial charge in [-0.25, -0.2) is 9.18 Å². The number of rotatable bonds is 3. The van der Waals surface area contributed by atoms with E-state index in [4.69, 9.17) is 11.6 Å². The summed E-state index contributed by atoms with van der Waals surface area (Å²) in [5.41, 5.74) is 0. The van der Waals surface area contributed by atoms with Gasteiger partial charge in [0.25, 0.3) is 0 Å². The molecule has 1 saturated carbocycles. The molecular formula is C33H55ClFN7O2. The van der Waals surface area contributed by atoms with Crippen LogP contribution in [0, 0.1) is 23.7 Å². The molecule has 0 aromatic rings. The third-order valence-corrected chi connectivity index (χ3v) is 12.5. The fourth-order valence-corrected chi connectivity index (χ4v) is 10.3. The number of fused-ring (bicyclic) bond motifs is 5. The van der Waals surface area contributed by atoms with Crippen LogP contribution in [0.3, 0.4) is 0 Å². The molecule has 2 bridgehead atoms. The number of alkyl halides is 2. The lowest BCUT2D eigenvalue weighted by Gasteiger charge is -2.60. The molecule has 11 heteroatoms. The first-order valence-electron chi connectivity index (χ1n) is 17.4. The van der Waals surface area contributed by atoms with Crippen molar-refractivity contribution in [3.63, 3.8) is 0 Å². The molecule has 248 valence electrons. The summed E-state index contributed by atoms with van der Waals surface area (Å²) < 4.78 is 16.7. The smallest absolute Gasteiger partial charge is 0.320 e. The van der Waals surface area contributed by atoms with E-state index < -0.39 is 12.2 Å². The van der Waals surface area contributed by atoms with Crippen molar-refractivity contribution in [3.8, 4) is 0 Å². The van der Waals surface area contributed by atoms with Crippen LogP contribution in [-0.4, -0.2) is 113 Å². The summed E-state index contributed by atoms with van der Waals surface area (Å²) in [6.07, 6.45) is 6.09. The van der Waals surface area contributed by atoms with E-state index in [1.165, 1.54) is 6.08 Å². The maximum atomic E-state index is 16.7. The van der Waals surface area contributed by atoms with E-state index in [1.54, 1.807) is 0 Å². The first kappa shape index (κ1) is 32.5. The third-order valence-electron chi connectivity index (χ3n) is 12.0. The predicted molar refractivity (Wildman–Crippen MR) is 172 cm³/mol. The van der Waals surface area contributed by atoms with E-state index >= 15 is 4.39 Å². The minimum Gasteiger partial charge on any atom is -0.334 e. The summed E-state index contributed by atoms with van der Waals surface area (Å²) in [5.74, 6) is 0.441. The van der Waals surface area contributed by atoms with Gasteiger partial charge in [-0.2, -0.15) is 0 Å². The maximum absolute atomic E-state index is 16.7. The van der Waals surface area contributed by atoms with E-state index in [1.807, 2.05) is 11.8 Å². The van der Waals surface area contributed by atoms with Gasteiger partial charge >= 0.3 is 6.03 Å². The molecule has 5 saturated heterocycles. The predicted octanol–water partition coefficient (Wildman–Crippen LogP) is 3.25. The lowest BCUT2D eigenvalue weighted by atomic mass is 9.71. The van der Waals surface area contributed by atoms with E-state index in [-0.39, 0.29) is 71.7 Å². The van der Waals surface area contributed by atoms with Crippen LogP contribution < -0.4 is 21.3 Å². The number of urea groups is 1. The molecule has 5 heterocycles. The third kappa shape index (κ3) is 5.91. The minimum atomic E-state index is -1.08. The number of nitrogens with zero attached hydrogens (tertiary/aromatic N) is 3. The van der Waals surface area contributed by atoms with Gasteiger partial charge in [0, 0.05) is 60.5 Å². The molecule has 0 radical (unpaired) electrons. The molecule has 44 heavy (non-hydrogen) atoms. The van der Waals surface area contributed by atoms with Gasteiger partial charge in [0.1, 0.15) is 6.17 Å². The molecule has 6 rings (SSSR count). The molecule has 6 fully saturated rings.